The Hall–Kier alpha value is -0.540. The largest absolute Gasteiger partial charge is 0.314 e. The summed E-state index contributed by atoms with van der Waals surface area (Å²) in [5.74, 6) is 0.818. The van der Waals surface area contributed by atoms with E-state index in [1.165, 1.54) is 18.5 Å². The monoisotopic (exact) mass is 255 g/mol. The fraction of sp³-hybridized carbons (Fsp3) is 0.769. The van der Waals surface area contributed by atoms with E-state index < -0.39 is 0 Å². The van der Waals surface area contributed by atoms with Gasteiger partial charge in [0.1, 0.15) is 0 Å². The third-order valence-corrected chi connectivity index (χ3v) is 4.14. The van der Waals surface area contributed by atoms with Gasteiger partial charge in [-0.2, -0.15) is 5.10 Å². The van der Waals surface area contributed by atoms with Gasteiger partial charge in [-0.1, -0.05) is 25.4 Å². The van der Waals surface area contributed by atoms with Crippen LogP contribution in [0.5, 0.6) is 0 Å². The molecule has 0 aromatic carbocycles. The lowest BCUT2D eigenvalue weighted by atomic mass is 9.92. The number of hydrogen-bond donors (Lipinski definition) is 1. The summed E-state index contributed by atoms with van der Waals surface area (Å²) in [5, 5.41) is 8.92. The van der Waals surface area contributed by atoms with E-state index >= 15 is 0 Å². The van der Waals surface area contributed by atoms with Crippen LogP contribution in [-0.2, 0) is 19.9 Å². The Balaban J connectivity index is 2.10. The maximum absolute atomic E-state index is 6.37. The normalized spacial score (nSPS) is 25.2. The average Bonchev–Trinajstić information content (AvgIpc) is 2.56. The van der Waals surface area contributed by atoms with Crippen LogP contribution in [0.1, 0.15) is 38.1 Å². The van der Waals surface area contributed by atoms with E-state index in [-0.39, 0.29) is 0 Å². The van der Waals surface area contributed by atoms with Crippen molar-refractivity contribution in [3.63, 3.8) is 0 Å². The fourth-order valence-corrected chi connectivity index (χ4v) is 3.02. The molecular formula is C13H22ClN3. The van der Waals surface area contributed by atoms with Crippen molar-refractivity contribution in [1.29, 1.82) is 0 Å². The summed E-state index contributed by atoms with van der Waals surface area (Å²) >= 11 is 6.37. The van der Waals surface area contributed by atoms with E-state index in [0.29, 0.717) is 6.04 Å². The molecular weight excluding hydrogens is 234 g/mol. The van der Waals surface area contributed by atoms with E-state index in [2.05, 4.69) is 24.3 Å². The summed E-state index contributed by atoms with van der Waals surface area (Å²) < 4.78 is 1.95. The highest BCUT2D eigenvalue weighted by Gasteiger charge is 2.22. The highest BCUT2D eigenvalue weighted by atomic mass is 35.5. The Morgan fingerprint density at radius 1 is 1.53 bits per heavy atom. The Kier molecular flexibility index (Phi) is 4.10. The van der Waals surface area contributed by atoms with Crippen LogP contribution in [-0.4, -0.2) is 22.4 Å². The van der Waals surface area contributed by atoms with Crippen LogP contribution in [0.15, 0.2) is 0 Å². The first-order valence-electron chi connectivity index (χ1n) is 6.55. The molecule has 0 bridgehead atoms. The Bertz CT molecular complexity index is 386. The van der Waals surface area contributed by atoms with Gasteiger partial charge in [-0.3, -0.25) is 4.68 Å². The van der Waals surface area contributed by atoms with Crippen LogP contribution in [0.2, 0.25) is 5.02 Å². The smallest absolute Gasteiger partial charge is 0.0850 e. The molecule has 96 valence electrons. The first-order valence-corrected chi connectivity index (χ1v) is 6.93. The number of nitrogens with one attached hydrogen (secondary N) is 1. The van der Waals surface area contributed by atoms with Gasteiger partial charge in [0.05, 0.1) is 16.4 Å². The zero-order valence-electron chi connectivity index (χ0n) is 11.0. The van der Waals surface area contributed by atoms with Gasteiger partial charge in [-0.05, 0) is 31.7 Å². The number of aryl methyl sites for hydroxylation is 2. The number of hydrogen-bond acceptors (Lipinski definition) is 2. The molecule has 1 aromatic heterocycles. The first-order chi connectivity index (χ1) is 8.11. The second kappa shape index (κ2) is 5.40. The highest BCUT2D eigenvalue weighted by molar-refractivity contribution is 6.31. The van der Waals surface area contributed by atoms with Gasteiger partial charge in [0, 0.05) is 19.5 Å². The van der Waals surface area contributed by atoms with Crippen molar-refractivity contribution in [2.75, 3.05) is 6.54 Å². The van der Waals surface area contributed by atoms with Crippen LogP contribution in [0, 0.1) is 5.92 Å². The van der Waals surface area contributed by atoms with Crippen LogP contribution < -0.4 is 5.32 Å². The van der Waals surface area contributed by atoms with Crippen LogP contribution in [0.4, 0.5) is 0 Å². The van der Waals surface area contributed by atoms with E-state index in [0.717, 1.165) is 36.0 Å². The number of rotatable bonds is 3. The lowest BCUT2D eigenvalue weighted by Gasteiger charge is -2.28. The molecule has 17 heavy (non-hydrogen) atoms. The first kappa shape index (κ1) is 12.9. The molecule has 1 aromatic rings. The molecule has 1 saturated heterocycles. The lowest BCUT2D eigenvalue weighted by Crippen LogP contribution is -2.39. The standard InChI is InChI=1S/C13H22ClN3/c1-4-11-13(14)12(17(3)16-11)8-10-7-9(2)5-6-15-10/h9-10,15H,4-8H2,1-3H3. The van der Waals surface area contributed by atoms with Crippen molar-refractivity contribution in [3.8, 4) is 0 Å². The van der Waals surface area contributed by atoms with E-state index in [9.17, 15) is 0 Å². The minimum atomic E-state index is 0.552. The summed E-state index contributed by atoms with van der Waals surface area (Å²) in [7, 11) is 1.99. The van der Waals surface area contributed by atoms with Gasteiger partial charge in [-0.25, -0.2) is 0 Å². The zero-order valence-corrected chi connectivity index (χ0v) is 11.7. The molecule has 2 unspecified atom stereocenters. The van der Waals surface area contributed by atoms with Gasteiger partial charge in [0.25, 0.3) is 0 Å². The van der Waals surface area contributed by atoms with Gasteiger partial charge in [-0.15, -0.1) is 0 Å². The van der Waals surface area contributed by atoms with Crippen LogP contribution in [0.25, 0.3) is 0 Å². The lowest BCUT2D eigenvalue weighted by molar-refractivity contribution is 0.315. The minimum Gasteiger partial charge on any atom is -0.314 e. The molecule has 4 heteroatoms. The van der Waals surface area contributed by atoms with Crippen molar-refractivity contribution < 1.29 is 0 Å². The van der Waals surface area contributed by atoms with E-state index in [1.54, 1.807) is 0 Å². The van der Waals surface area contributed by atoms with Crippen molar-refractivity contribution in [3.05, 3.63) is 16.4 Å². The molecule has 2 rings (SSSR count). The van der Waals surface area contributed by atoms with Gasteiger partial charge >= 0.3 is 0 Å². The molecule has 1 aliphatic rings. The molecule has 3 nitrogen and oxygen atoms in total. The molecule has 1 N–H and O–H groups in total. The van der Waals surface area contributed by atoms with E-state index in [1.807, 2.05) is 11.7 Å². The summed E-state index contributed by atoms with van der Waals surface area (Å²) in [6.45, 7) is 5.55. The fourth-order valence-electron chi connectivity index (χ4n) is 2.65. The topological polar surface area (TPSA) is 29.9 Å². The zero-order chi connectivity index (χ0) is 12.4. The molecule has 2 heterocycles. The number of piperidine rings is 1. The van der Waals surface area contributed by atoms with Gasteiger partial charge in [0.2, 0.25) is 0 Å². The summed E-state index contributed by atoms with van der Waals surface area (Å²) in [5.41, 5.74) is 2.20. The molecule has 1 fully saturated rings. The second-order valence-corrected chi connectivity index (χ2v) is 5.55. The average molecular weight is 256 g/mol. The van der Waals surface area contributed by atoms with Crippen molar-refractivity contribution >= 4 is 11.6 Å². The quantitative estimate of drug-likeness (QED) is 0.900. The minimum absolute atomic E-state index is 0.552. The Morgan fingerprint density at radius 3 is 2.88 bits per heavy atom. The number of halogens is 1. The Labute approximate surface area is 109 Å². The molecule has 0 amide bonds. The molecule has 0 aliphatic carbocycles. The van der Waals surface area contributed by atoms with Gasteiger partial charge < -0.3 is 5.32 Å². The highest BCUT2D eigenvalue weighted by Crippen LogP contribution is 2.25. The van der Waals surface area contributed by atoms with Crippen LogP contribution in [0.3, 0.4) is 0 Å². The van der Waals surface area contributed by atoms with Crippen molar-refractivity contribution in [2.24, 2.45) is 13.0 Å². The van der Waals surface area contributed by atoms with Crippen molar-refractivity contribution in [1.82, 2.24) is 15.1 Å². The molecule has 0 radical (unpaired) electrons. The van der Waals surface area contributed by atoms with Crippen molar-refractivity contribution in [2.45, 2.75) is 45.6 Å². The maximum atomic E-state index is 6.37. The third kappa shape index (κ3) is 2.83. The summed E-state index contributed by atoms with van der Waals surface area (Å²) in [6.07, 6.45) is 4.42. The van der Waals surface area contributed by atoms with Gasteiger partial charge in [0.15, 0.2) is 0 Å². The predicted molar refractivity (Wildman–Crippen MR) is 71.5 cm³/mol. The number of aromatic nitrogens is 2. The third-order valence-electron chi connectivity index (χ3n) is 3.70. The summed E-state index contributed by atoms with van der Waals surface area (Å²) in [6, 6.07) is 0.552. The maximum Gasteiger partial charge on any atom is 0.0850 e. The van der Waals surface area contributed by atoms with E-state index in [4.69, 9.17) is 11.6 Å². The molecule has 0 spiro atoms. The SMILES string of the molecule is CCc1nn(C)c(CC2CC(C)CCN2)c1Cl. The molecule has 0 saturated carbocycles. The Morgan fingerprint density at radius 2 is 2.29 bits per heavy atom. The number of nitrogens with zero attached hydrogens (tertiary/aromatic N) is 2. The predicted octanol–water partition coefficient (Wildman–Crippen LogP) is 2.57. The summed E-state index contributed by atoms with van der Waals surface area (Å²) in [4.78, 5) is 0. The molecule has 2 atom stereocenters. The molecule has 1 aliphatic heterocycles. The van der Waals surface area contributed by atoms with Crippen LogP contribution >= 0.6 is 11.6 Å². The second-order valence-electron chi connectivity index (χ2n) is 5.17.